The number of aliphatic hydroxyl groups excluding tert-OH is 1. The van der Waals surface area contributed by atoms with Gasteiger partial charge in [0.15, 0.2) is 0 Å². The summed E-state index contributed by atoms with van der Waals surface area (Å²) in [4.78, 5) is 12.6. The van der Waals surface area contributed by atoms with Crippen LogP contribution in [0.15, 0.2) is 35.9 Å². The zero-order valence-corrected chi connectivity index (χ0v) is 16.6. The molecule has 0 amide bonds. The molecule has 0 unspecified atom stereocenters. The van der Waals surface area contributed by atoms with Gasteiger partial charge in [0.25, 0.3) is 0 Å². The Kier molecular flexibility index (Phi) is 5.37. The maximum Gasteiger partial charge on any atom is 0.338 e. The molecule has 0 bridgehead atoms. The van der Waals surface area contributed by atoms with Crippen LogP contribution in [0.4, 0.5) is 0 Å². The number of carbonyl (C=O) groups excluding carboxylic acids is 1. The predicted octanol–water partition coefficient (Wildman–Crippen LogP) is 3.98. The van der Waals surface area contributed by atoms with Crippen molar-refractivity contribution in [3.05, 3.63) is 41.5 Å². The van der Waals surface area contributed by atoms with Crippen molar-refractivity contribution in [2.75, 3.05) is 0 Å². The smallest absolute Gasteiger partial charge is 0.338 e. The zero-order valence-electron chi connectivity index (χ0n) is 16.6. The molecule has 4 atom stereocenters. The summed E-state index contributed by atoms with van der Waals surface area (Å²) in [5.74, 6) is -0.354. The Morgan fingerprint density at radius 2 is 1.89 bits per heavy atom. The Bertz CT molecular complexity index is 721. The molecule has 1 aromatic rings. The third-order valence-electron chi connectivity index (χ3n) is 6.04. The van der Waals surface area contributed by atoms with Crippen LogP contribution in [0.3, 0.4) is 0 Å². The van der Waals surface area contributed by atoms with Gasteiger partial charge in [-0.1, -0.05) is 25.5 Å². The summed E-state index contributed by atoms with van der Waals surface area (Å²) in [5.41, 5.74) is 0.668. The van der Waals surface area contributed by atoms with Crippen molar-refractivity contribution in [1.29, 1.82) is 0 Å². The number of hydrogen-bond acceptors (Lipinski definition) is 5. The highest BCUT2D eigenvalue weighted by atomic mass is 16.7. The molecule has 5 heteroatoms. The van der Waals surface area contributed by atoms with Crippen LogP contribution < -0.4 is 0 Å². The molecular formula is C22H30O5. The summed E-state index contributed by atoms with van der Waals surface area (Å²) in [6.45, 7) is 8.13. The monoisotopic (exact) mass is 374 g/mol. The van der Waals surface area contributed by atoms with Crippen LogP contribution >= 0.6 is 0 Å². The maximum atomic E-state index is 12.6. The fourth-order valence-electron chi connectivity index (χ4n) is 3.86. The number of esters is 1. The minimum absolute atomic E-state index is 0.1000. The Labute approximate surface area is 161 Å². The first-order chi connectivity index (χ1) is 12.6. The summed E-state index contributed by atoms with van der Waals surface area (Å²) in [5, 5.41) is 20.3. The number of rotatable bonds is 2. The Balaban J connectivity index is 1.83. The van der Waals surface area contributed by atoms with Crippen molar-refractivity contribution in [2.24, 2.45) is 5.41 Å². The van der Waals surface area contributed by atoms with E-state index in [2.05, 4.69) is 26.8 Å². The van der Waals surface area contributed by atoms with Crippen molar-refractivity contribution >= 4 is 5.97 Å². The molecule has 0 saturated carbocycles. The van der Waals surface area contributed by atoms with Gasteiger partial charge >= 0.3 is 5.97 Å². The first-order valence-electron chi connectivity index (χ1n) is 9.65. The van der Waals surface area contributed by atoms with Gasteiger partial charge in [0.05, 0.1) is 11.7 Å². The van der Waals surface area contributed by atoms with Gasteiger partial charge in [0.2, 0.25) is 0 Å². The van der Waals surface area contributed by atoms with Crippen LogP contribution in [-0.2, 0) is 9.47 Å². The molecule has 2 N–H and O–H groups in total. The van der Waals surface area contributed by atoms with E-state index in [0.717, 1.165) is 19.3 Å². The highest BCUT2D eigenvalue weighted by molar-refractivity contribution is 5.89. The molecule has 1 aliphatic heterocycles. The number of phenolic OH excluding ortho intramolecular Hbond substituents is 1. The molecule has 5 nitrogen and oxygen atoms in total. The van der Waals surface area contributed by atoms with Gasteiger partial charge in [0.1, 0.15) is 23.6 Å². The number of aliphatic hydroxyl groups is 1. The zero-order chi connectivity index (χ0) is 19.8. The molecule has 0 spiro atoms. The molecule has 3 rings (SSSR count). The topological polar surface area (TPSA) is 79.3 Å². The van der Waals surface area contributed by atoms with Crippen LogP contribution in [0.5, 0.6) is 5.75 Å². The quantitative estimate of drug-likeness (QED) is 0.465. The summed E-state index contributed by atoms with van der Waals surface area (Å²) in [6, 6.07) is 6.00. The second-order valence-electron chi connectivity index (χ2n) is 8.74. The Morgan fingerprint density at radius 1 is 1.22 bits per heavy atom. The first kappa shape index (κ1) is 19.9. The molecule has 1 aromatic carbocycles. The Morgan fingerprint density at radius 3 is 2.56 bits per heavy atom. The van der Waals surface area contributed by atoms with Crippen LogP contribution in [0.1, 0.15) is 63.7 Å². The normalized spacial score (nSPS) is 35.1. The molecule has 1 aliphatic carbocycles. The predicted molar refractivity (Wildman–Crippen MR) is 103 cm³/mol. The summed E-state index contributed by atoms with van der Waals surface area (Å²) < 4.78 is 11.7. The fourth-order valence-corrected chi connectivity index (χ4v) is 3.86. The van der Waals surface area contributed by atoms with E-state index in [1.165, 1.54) is 29.8 Å². The molecule has 27 heavy (non-hydrogen) atoms. The Hall–Kier alpha value is -1.85. The van der Waals surface area contributed by atoms with Gasteiger partial charge in [-0.15, -0.1) is 0 Å². The number of carbonyl (C=O) groups is 1. The minimum Gasteiger partial charge on any atom is -0.508 e. The number of epoxide rings is 1. The van der Waals surface area contributed by atoms with Gasteiger partial charge in [-0.25, -0.2) is 4.79 Å². The van der Waals surface area contributed by atoms with E-state index in [1.807, 2.05) is 6.92 Å². The van der Waals surface area contributed by atoms with E-state index < -0.39 is 23.8 Å². The van der Waals surface area contributed by atoms with Gasteiger partial charge in [-0.2, -0.15) is 0 Å². The lowest BCUT2D eigenvalue weighted by Crippen LogP contribution is -2.41. The van der Waals surface area contributed by atoms with Crippen molar-refractivity contribution in [2.45, 2.75) is 77.3 Å². The fraction of sp³-hybridized carbons (Fsp3) is 0.591. The molecule has 148 valence electrons. The van der Waals surface area contributed by atoms with Crippen molar-refractivity contribution in [3.8, 4) is 5.75 Å². The van der Waals surface area contributed by atoms with Crippen LogP contribution in [0, 0.1) is 5.41 Å². The molecule has 1 heterocycles. The number of phenols is 1. The number of benzene rings is 1. The third kappa shape index (κ3) is 4.19. The maximum absolute atomic E-state index is 12.6. The first-order valence-corrected chi connectivity index (χ1v) is 9.65. The summed E-state index contributed by atoms with van der Waals surface area (Å²) in [6.07, 6.45) is 4.10. The third-order valence-corrected chi connectivity index (χ3v) is 6.04. The molecule has 2 aliphatic rings. The summed E-state index contributed by atoms with van der Waals surface area (Å²) in [7, 11) is 0. The second-order valence-corrected chi connectivity index (χ2v) is 8.74. The number of ether oxygens (including phenoxy) is 2. The number of aromatic hydroxyl groups is 1. The van der Waals surface area contributed by atoms with Crippen molar-refractivity contribution in [3.63, 3.8) is 0 Å². The van der Waals surface area contributed by atoms with Gasteiger partial charge in [-0.05, 0) is 62.8 Å². The van der Waals surface area contributed by atoms with Crippen molar-refractivity contribution < 1.29 is 24.5 Å². The highest BCUT2D eigenvalue weighted by Gasteiger charge is 2.64. The average Bonchev–Trinajstić information content (AvgIpc) is 3.30. The average molecular weight is 374 g/mol. The van der Waals surface area contributed by atoms with Crippen LogP contribution in [0.25, 0.3) is 0 Å². The van der Waals surface area contributed by atoms with E-state index in [9.17, 15) is 15.0 Å². The molecule has 0 aromatic heterocycles. The number of allylic oxidation sites excluding steroid dienone is 1. The van der Waals surface area contributed by atoms with E-state index in [0.29, 0.717) is 12.0 Å². The van der Waals surface area contributed by atoms with Crippen LogP contribution in [0.2, 0.25) is 0 Å². The molecule has 1 saturated heterocycles. The number of fused-ring (bicyclic) bond motifs is 1. The van der Waals surface area contributed by atoms with Crippen LogP contribution in [-0.4, -0.2) is 40.1 Å². The number of hydrogen-bond donors (Lipinski definition) is 2. The molecular weight excluding hydrogens is 344 g/mol. The van der Waals surface area contributed by atoms with Crippen molar-refractivity contribution in [1.82, 2.24) is 0 Å². The van der Waals surface area contributed by atoms with Gasteiger partial charge in [-0.3, -0.25) is 0 Å². The standard InChI is InChI=1S/C22H30O5/c1-14-6-5-13-21(2,3)18(24)19-22(4,27-19)17(12-7-14)26-20(25)15-8-10-16(23)11-9-15/h7-11,17-19,23-24H,5-6,12-13H2,1-4H3/b14-7+/t17-,18+,19+,22+/m0/s1. The SMILES string of the molecule is C/C1=C\C[C@H](OC(=O)c2ccc(O)cc2)[C@@]2(C)O[C@@H]2[C@@H](O)C(C)(C)CCC1. The van der Waals surface area contributed by atoms with Gasteiger partial charge in [0, 0.05) is 6.42 Å². The lowest BCUT2D eigenvalue weighted by molar-refractivity contribution is 0.00800. The van der Waals surface area contributed by atoms with E-state index in [-0.39, 0.29) is 17.3 Å². The largest absolute Gasteiger partial charge is 0.508 e. The molecule has 1 fully saturated rings. The lowest BCUT2D eigenvalue weighted by Gasteiger charge is -2.31. The van der Waals surface area contributed by atoms with E-state index in [1.54, 1.807) is 0 Å². The molecule has 0 radical (unpaired) electrons. The van der Waals surface area contributed by atoms with E-state index >= 15 is 0 Å². The second kappa shape index (κ2) is 7.28. The minimum atomic E-state index is -0.704. The summed E-state index contributed by atoms with van der Waals surface area (Å²) >= 11 is 0. The lowest BCUT2D eigenvalue weighted by atomic mass is 9.77. The van der Waals surface area contributed by atoms with E-state index in [4.69, 9.17) is 9.47 Å². The highest BCUT2D eigenvalue weighted by Crippen LogP contribution is 2.49. The van der Waals surface area contributed by atoms with Gasteiger partial charge < -0.3 is 19.7 Å².